The summed E-state index contributed by atoms with van der Waals surface area (Å²) in [5.41, 5.74) is 2.98. The lowest BCUT2D eigenvalue weighted by atomic mass is 10.1. The Kier molecular flexibility index (Phi) is 1.69. The minimum atomic E-state index is -0.0111. The number of nitrogens with zero attached hydrogens (tertiary/aromatic N) is 1. The minimum absolute atomic E-state index is 0.0111. The Balaban J connectivity index is 2.54. The third-order valence-corrected chi connectivity index (χ3v) is 2.27. The second kappa shape index (κ2) is 2.73. The second-order valence-corrected chi connectivity index (χ2v) is 3.19. The molecule has 0 radical (unpaired) electrons. The van der Waals surface area contributed by atoms with Crippen molar-refractivity contribution in [3.63, 3.8) is 0 Å². The van der Waals surface area contributed by atoms with Gasteiger partial charge in [-0.1, -0.05) is 0 Å². The minimum Gasteiger partial charge on any atom is -0.359 e. The van der Waals surface area contributed by atoms with E-state index >= 15 is 0 Å². The highest BCUT2D eigenvalue weighted by Gasteiger charge is 2.17. The molecule has 1 amide bonds. The second-order valence-electron chi connectivity index (χ2n) is 3.19. The van der Waals surface area contributed by atoms with E-state index in [1.54, 1.807) is 6.20 Å². The fourth-order valence-electron chi connectivity index (χ4n) is 1.33. The molecule has 0 bridgehead atoms. The molecule has 0 aliphatic carbocycles. The lowest BCUT2D eigenvalue weighted by Crippen LogP contribution is -2.28. The first-order chi connectivity index (χ1) is 6.18. The van der Waals surface area contributed by atoms with Gasteiger partial charge < -0.3 is 10.6 Å². The van der Waals surface area contributed by atoms with Gasteiger partial charge in [-0.3, -0.25) is 4.79 Å². The first kappa shape index (κ1) is 8.04. The lowest BCUT2D eigenvalue weighted by molar-refractivity contribution is -0.114. The van der Waals surface area contributed by atoms with Crippen molar-refractivity contribution in [1.29, 1.82) is 0 Å². The lowest BCUT2D eigenvalue weighted by Gasteiger charge is -2.20. The van der Waals surface area contributed by atoms with Crippen LogP contribution in [-0.2, 0) is 4.79 Å². The van der Waals surface area contributed by atoms with Crippen LogP contribution < -0.4 is 10.6 Å². The summed E-state index contributed by atoms with van der Waals surface area (Å²) in [6, 6.07) is 0. The Morgan fingerprint density at radius 2 is 2.23 bits per heavy atom. The van der Waals surface area contributed by atoms with Crippen LogP contribution >= 0.6 is 0 Å². The van der Waals surface area contributed by atoms with Gasteiger partial charge in [-0.25, -0.2) is 4.98 Å². The number of aromatic nitrogens is 1. The molecular formula is C9H11N3O. The standard InChI is InChI=1S/C9H11N3O/c1-5-3-10-9-8(6(5)2)12-7(13)4-11-9/h3H,4H2,1-2H3,(H,10,11)(H,12,13). The molecule has 2 heterocycles. The van der Waals surface area contributed by atoms with Gasteiger partial charge in [-0.15, -0.1) is 0 Å². The Bertz CT molecular complexity index is 373. The van der Waals surface area contributed by atoms with E-state index in [1.165, 1.54) is 0 Å². The van der Waals surface area contributed by atoms with Crippen LogP contribution in [-0.4, -0.2) is 17.4 Å². The molecule has 0 saturated heterocycles. The predicted molar refractivity (Wildman–Crippen MR) is 50.8 cm³/mol. The van der Waals surface area contributed by atoms with E-state index in [9.17, 15) is 4.79 Å². The average Bonchev–Trinajstić information content (AvgIpc) is 2.12. The Hall–Kier alpha value is -1.58. The normalized spacial score (nSPS) is 14.5. The van der Waals surface area contributed by atoms with E-state index in [0.717, 1.165) is 22.6 Å². The third kappa shape index (κ3) is 1.24. The summed E-state index contributed by atoms with van der Waals surface area (Å²) in [7, 11) is 0. The van der Waals surface area contributed by atoms with Crippen LogP contribution in [0.1, 0.15) is 11.1 Å². The van der Waals surface area contributed by atoms with Crippen molar-refractivity contribution in [3.05, 3.63) is 17.3 Å². The fraction of sp³-hybridized carbons (Fsp3) is 0.333. The first-order valence-corrected chi connectivity index (χ1v) is 4.18. The van der Waals surface area contributed by atoms with Gasteiger partial charge in [0.25, 0.3) is 0 Å². The summed E-state index contributed by atoms with van der Waals surface area (Å²) in [6.07, 6.45) is 1.80. The van der Waals surface area contributed by atoms with E-state index in [-0.39, 0.29) is 5.91 Å². The molecule has 0 fully saturated rings. The van der Waals surface area contributed by atoms with Gasteiger partial charge in [-0.05, 0) is 25.0 Å². The zero-order valence-electron chi connectivity index (χ0n) is 7.64. The highest BCUT2D eigenvalue weighted by atomic mass is 16.2. The summed E-state index contributed by atoms with van der Waals surface area (Å²) in [4.78, 5) is 15.3. The Labute approximate surface area is 76.4 Å². The maximum atomic E-state index is 11.1. The van der Waals surface area contributed by atoms with Crippen molar-refractivity contribution in [2.75, 3.05) is 17.2 Å². The molecule has 2 rings (SSSR count). The Morgan fingerprint density at radius 3 is 3.00 bits per heavy atom. The van der Waals surface area contributed by atoms with Crippen LogP contribution in [0, 0.1) is 13.8 Å². The highest BCUT2D eigenvalue weighted by molar-refractivity contribution is 6.00. The van der Waals surface area contributed by atoms with Gasteiger partial charge in [0.2, 0.25) is 5.91 Å². The number of anilines is 2. The van der Waals surface area contributed by atoms with Crippen LogP contribution in [0.3, 0.4) is 0 Å². The highest BCUT2D eigenvalue weighted by Crippen LogP contribution is 2.27. The van der Waals surface area contributed by atoms with Crippen molar-refractivity contribution in [3.8, 4) is 0 Å². The number of carbonyl (C=O) groups excluding carboxylic acids is 1. The molecule has 68 valence electrons. The number of hydrogen-bond acceptors (Lipinski definition) is 3. The largest absolute Gasteiger partial charge is 0.359 e. The zero-order chi connectivity index (χ0) is 9.42. The number of hydrogen-bond donors (Lipinski definition) is 2. The smallest absolute Gasteiger partial charge is 0.243 e. The van der Waals surface area contributed by atoms with E-state index in [2.05, 4.69) is 15.6 Å². The summed E-state index contributed by atoms with van der Waals surface area (Å²) < 4.78 is 0. The van der Waals surface area contributed by atoms with Crippen molar-refractivity contribution in [2.45, 2.75) is 13.8 Å². The molecule has 1 aliphatic rings. The molecule has 0 saturated carbocycles. The average molecular weight is 177 g/mol. The summed E-state index contributed by atoms with van der Waals surface area (Å²) in [5, 5.41) is 5.76. The van der Waals surface area contributed by atoms with Crippen LogP contribution in [0.15, 0.2) is 6.20 Å². The number of pyridine rings is 1. The van der Waals surface area contributed by atoms with Crippen LogP contribution in [0.4, 0.5) is 11.5 Å². The topological polar surface area (TPSA) is 54.0 Å². The molecule has 1 aromatic heterocycles. The molecule has 1 aliphatic heterocycles. The SMILES string of the molecule is Cc1cnc2c(c1C)NC(=O)CN2. The van der Waals surface area contributed by atoms with Gasteiger partial charge in [0.1, 0.15) is 0 Å². The van der Waals surface area contributed by atoms with Crippen molar-refractivity contribution < 1.29 is 4.79 Å². The molecular weight excluding hydrogens is 166 g/mol. The summed E-state index contributed by atoms with van der Waals surface area (Å²) in [5.74, 6) is 0.755. The molecule has 0 atom stereocenters. The number of nitrogens with one attached hydrogen (secondary N) is 2. The molecule has 2 N–H and O–H groups in total. The van der Waals surface area contributed by atoms with E-state index in [4.69, 9.17) is 0 Å². The number of fused-ring (bicyclic) bond motifs is 1. The maximum absolute atomic E-state index is 11.1. The van der Waals surface area contributed by atoms with Crippen LogP contribution in [0.2, 0.25) is 0 Å². The number of aryl methyl sites for hydroxylation is 1. The molecule has 13 heavy (non-hydrogen) atoms. The van der Waals surface area contributed by atoms with Gasteiger partial charge in [0.05, 0.1) is 12.2 Å². The molecule has 0 unspecified atom stereocenters. The molecule has 1 aromatic rings. The molecule has 0 aromatic carbocycles. The maximum Gasteiger partial charge on any atom is 0.243 e. The molecule has 0 spiro atoms. The third-order valence-electron chi connectivity index (χ3n) is 2.27. The summed E-state index contributed by atoms with van der Waals surface area (Å²) >= 11 is 0. The summed E-state index contributed by atoms with van der Waals surface area (Å²) in [6.45, 7) is 4.26. The van der Waals surface area contributed by atoms with E-state index < -0.39 is 0 Å². The zero-order valence-corrected chi connectivity index (χ0v) is 7.64. The fourth-order valence-corrected chi connectivity index (χ4v) is 1.33. The molecule has 4 heteroatoms. The number of amides is 1. The van der Waals surface area contributed by atoms with Crippen molar-refractivity contribution >= 4 is 17.4 Å². The number of rotatable bonds is 0. The monoisotopic (exact) mass is 177 g/mol. The number of carbonyl (C=O) groups is 1. The Morgan fingerprint density at radius 1 is 1.46 bits per heavy atom. The first-order valence-electron chi connectivity index (χ1n) is 4.18. The quantitative estimate of drug-likeness (QED) is 0.623. The van der Waals surface area contributed by atoms with Crippen molar-refractivity contribution in [2.24, 2.45) is 0 Å². The van der Waals surface area contributed by atoms with Gasteiger partial charge >= 0.3 is 0 Å². The van der Waals surface area contributed by atoms with E-state index in [0.29, 0.717) is 6.54 Å². The van der Waals surface area contributed by atoms with Crippen LogP contribution in [0.25, 0.3) is 0 Å². The van der Waals surface area contributed by atoms with Gasteiger partial charge in [-0.2, -0.15) is 0 Å². The molecule has 4 nitrogen and oxygen atoms in total. The predicted octanol–water partition coefficient (Wildman–Crippen LogP) is 1.06. The van der Waals surface area contributed by atoms with Crippen molar-refractivity contribution in [1.82, 2.24) is 4.98 Å². The van der Waals surface area contributed by atoms with Gasteiger partial charge in [0.15, 0.2) is 5.82 Å². The van der Waals surface area contributed by atoms with Gasteiger partial charge in [0, 0.05) is 6.20 Å². The van der Waals surface area contributed by atoms with E-state index in [1.807, 2.05) is 13.8 Å². The van der Waals surface area contributed by atoms with Crippen LogP contribution in [0.5, 0.6) is 0 Å².